The molecule has 0 amide bonds. The molecule has 0 aliphatic carbocycles. The van der Waals surface area contributed by atoms with E-state index in [1.165, 1.54) is 21.7 Å². The molecule has 0 unspecified atom stereocenters. The van der Waals surface area contributed by atoms with Gasteiger partial charge in [-0.25, -0.2) is 8.42 Å². The van der Waals surface area contributed by atoms with E-state index in [2.05, 4.69) is 15.9 Å². The van der Waals surface area contributed by atoms with Crippen LogP contribution in [0.2, 0.25) is 4.34 Å². The molecule has 1 aromatic carbocycles. The number of benzene rings is 1. The first-order valence-electron chi connectivity index (χ1n) is 6.14. The van der Waals surface area contributed by atoms with E-state index in [4.69, 9.17) is 17.3 Å². The van der Waals surface area contributed by atoms with Gasteiger partial charge in [0.2, 0.25) is 10.0 Å². The molecule has 2 N–H and O–H groups in total. The molecule has 0 fully saturated rings. The third kappa shape index (κ3) is 3.78. The molecule has 0 atom stereocenters. The summed E-state index contributed by atoms with van der Waals surface area (Å²) in [6.07, 6.45) is 0. The Hall–Kier alpha value is -0.600. The summed E-state index contributed by atoms with van der Waals surface area (Å²) in [5, 5.41) is 0. The van der Waals surface area contributed by atoms with Crippen molar-refractivity contribution < 1.29 is 8.42 Å². The minimum absolute atomic E-state index is 0.209. The standard InChI is InChI=1S/C13H14BrClN2O2S2/c1-2-17(8-10-4-6-13(15)20-10)21(18,19)12-5-3-9(16)7-11(12)14/h3-7H,2,8,16H2,1H3. The average molecular weight is 410 g/mol. The molecule has 2 rings (SSSR count). The molecule has 4 nitrogen and oxygen atoms in total. The number of sulfonamides is 1. The molecule has 0 bridgehead atoms. The van der Waals surface area contributed by atoms with E-state index in [0.29, 0.717) is 27.6 Å². The van der Waals surface area contributed by atoms with Crippen LogP contribution in [0.25, 0.3) is 0 Å². The van der Waals surface area contributed by atoms with Crippen molar-refractivity contribution in [1.29, 1.82) is 0 Å². The minimum atomic E-state index is -3.59. The molecule has 0 saturated heterocycles. The Morgan fingerprint density at radius 2 is 2.05 bits per heavy atom. The molecular formula is C13H14BrClN2O2S2. The lowest BCUT2D eigenvalue weighted by atomic mass is 10.3. The molecule has 0 aliphatic rings. The van der Waals surface area contributed by atoms with Crippen LogP contribution in [0.4, 0.5) is 5.69 Å². The van der Waals surface area contributed by atoms with Crippen molar-refractivity contribution in [2.24, 2.45) is 0 Å². The third-order valence-corrected chi connectivity index (χ3v) is 7.00. The fourth-order valence-electron chi connectivity index (χ4n) is 1.84. The quantitative estimate of drug-likeness (QED) is 0.760. The minimum Gasteiger partial charge on any atom is -0.399 e. The van der Waals surface area contributed by atoms with Gasteiger partial charge in [-0.05, 0) is 46.3 Å². The number of hydrogen-bond acceptors (Lipinski definition) is 4. The molecule has 2 aromatic rings. The van der Waals surface area contributed by atoms with Crippen LogP contribution < -0.4 is 5.73 Å². The van der Waals surface area contributed by atoms with Crippen LogP contribution in [-0.2, 0) is 16.6 Å². The summed E-state index contributed by atoms with van der Waals surface area (Å²) in [6.45, 7) is 2.47. The van der Waals surface area contributed by atoms with Crippen LogP contribution in [0.5, 0.6) is 0 Å². The number of nitrogen functional groups attached to an aromatic ring is 1. The van der Waals surface area contributed by atoms with Gasteiger partial charge in [0.15, 0.2) is 0 Å². The number of nitrogens with two attached hydrogens (primary N) is 1. The van der Waals surface area contributed by atoms with Crippen molar-refractivity contribution in [3.63, 3.8) is 0 Å². The van der Waals surface area contributed by atoms with Crippen molar-refractivity contribution in [2.45, 2.75) is 18.4 Å². The number of hydrogen-bond donors (Lipinski definition) is 1. The van der Waals surface area contributed by atoms with Crippen LogP contribution in [0.15, 0.2) is 39.7 Å². The molecule has 1 aromatic heterocycles. The van der Waals surface area contributed by atoms with Gasteiger partial charge in [-0.15, -0.1) is 11.3 Å². The molecule has 0 saturated carbocycles. The van der Waals surface area contributed by atoms with Crippen molar-refractivity contribution in [3.05, 3.63) is 44.0 Å². The predicted octanol–water partition coefficient (Wildman–Crippen LogP) is 3.96. The second-order valence-corrected chi connectivity index (χ2v) is 8.89. The van der Waals surface area contributed by atoms with E-state index >= 15 is 0 Å². The normalized spacial score (nSPS) is 12.0. The van der Waals surface area contributed by atoms with Gasteiger partial charge < -0.3 is 5.73 Å². The predicted molar refractivity (Wildman–Crippen MR) is 91.2 cm³/mol. The maximum Gasteiger partial charge on any atom is 0.244 e. The molecule has 0 radical (unpaired) electrons. The third-order valence-electron chi connectivity index (χ3n) is 2.89. The number of rotatable bonds is 5. The van der Waals surface area contributed by atoms with Crippen molar-refractivity contribution >= 4 is 54.6 Å². The molecule has 21 heavy (non-hydrogen) atoms. The van der Waals surface area contributed by atoms with Crippen LogP contribution in [0, 0.1) is 0 Å². The maximum absolute atomic E-state index is 12.7. The lowest BCUT2D eigenvalue weighted by Gasteiger charge is -2.20. The van der Waals surface area contributed by atoms with E-state index in [1.54, 1.807) is 25.1 Å². The summed E-state index contributed by atoms with van der Waals surface area (Å²) >= 11 is 10.5. The molecule has 8 heteroatoms. The lowest BCUT2D eigenvalue weighted by molar-refractivity contribution is 0.426. The average Bonchev–Trinajstić information content (AvgIpc) is 2.80. The van der Waals surface area contributed by atoms with Gasteiger partial charge in [0.1, 0.15) is 0 Å². The van der Waals surface area contributed by atoms with Crippen LogP contribution in [0.3, 0.4) is 0 Å². The van der Waals surface area contributed by atoms with E-state index in [1.807, 2.05) is 6.07 Å². The highest BCUT2D eigenvalue weighted by Gasteiger charge is 2.26. The molecule has 0 aliphatic heterocycles. The van der Waals surface area contributed by atoms with Crippen LogP contribution >= 0.6 is 38.9 Å². The topological polar surface area (TPSA) is 63.4 Å². The highest BCUT2D eigenvalue weighted by atomic mass is 79.9. The van der Waals surface area contributed by atoms with E-state index in [9.17, 15) is 8.42 Å². The van der Waals surface area contributed by atoms with Crippen molar-refractivity contribution in [1.82, 2.24) is 4.31 Å². The van der Waals surface area contributed by atoms with Crippen LogP contribution in [0.1, 0.15) is 11.8 Å². The number of thiophene rings is 1. The van der Waals surface area contributed by atoms with Gasteiger partial charge in [0, 0.05) is 28.1 Å². The van der Waals surface area contributed by atoms with Crippen molar-refractivity contribution in [2.75, 3.05) is 12.3 Å². The first kappa shape index (κ1) is 16.8. The van der Waals surface area contributed by atoms with Gasteiger partial charge in [0.25, 0.3) is 0 Å². The number of halogens is 2. The second-order valence-electron chi connectivity index (χ2n) is 4.33. The summed E-state index contributed by atoms with van der Waals surface area (Å²) in [4.78, 5) is 1.11. The second kappa shape index (κ2) is 6.66. The van der Waals surface area contributed by atoms with E-state index in [-0.39, 0.29) is 4.90 Å². The summed E-state index contributed by atoms with van der Waals surface area (Å²) in [7, 11) is -3.59. The van der Waals surface area contributed by atoms with Gasteiger partial charge in [-0.2, -0.15) is 4.31 Å². The summed E-state index contributed by atoms with van der Waals surface area (Å²) in [5.41, 5.74) is 6.16. The van der Waals surface area contributed by atoms with Gasteiger partial charge in [-0.3, -0.25) is 0 Å². The largest absolute Gasteiger partial charge is 0.399 e. The summed E-state index contributed by atoms with van der Waals surface area (Å²) in [5.74, 6) is 0. The zero-order chi connectivity index (χ0) is 15.6. The Kier molecular flexibility index (Phi) is 5.32. The lowest BCUT2D eigenvalue weighted by Crippen LogP contribution is -2.30. The SMILES string of the molecule is CCN(Cc1ccc(Cl)s1)S(=O)(=O)c1ccc(N)cc1Br. The van der Waals surface area contributed by atoms with Gasteiger partial charge in [-0.1, -0.05) is 18.5 Å². The fourth-order valence-corrected chi connectivity index (χ4v) is 5.51. The zero-order valence-corrected chi connectivity index (χ0v) is 15.2. The summed E-state index contributed by atoms with van der Waals surface area (Å²) < 4.78 is 28.0. The number of nitrogens with zero attached hydrogens (tertiary/aromatic N) is 1. The summed E-state index contributed by atoms with van der Waals surface area (Å²) in [6, 6.07) is 8.28. The Morgan fingerprint density at radius 1 is 1.33 bits per heavy atom. The highest BCUT2D eigenvalue weighted by molar-refractivity contribution is 9.10. The molecule has 0 spiro atoms. The Balaban J connectivity index is 2.35. The monoisotopic (exact) mass is 408 g/mol. The number of anilines is 1. The maximum atomic E-state index is 12.7. The Morgan fingerprint density at radius 3 is 2.57 bits per heavy atom. The van der Waals surface area contributed by atoms with Crippen molar-refractivity contribution in [3.8, 4) is 0 Å². The van der Waals surface area contributed by atoms with E-state index in [0.717, 1.165) is 4.88 Å². The van der Waals surface area contributed by atoms with Gasteiger partial charge in [0.05, 0.1) is 9.23 Å². The molecule has 114 valence electrons. The molecular weight excluding hydrogens is 396 g/mol. The Labute approximate surface area is 141 Å². The van der Waals surface area contributed by atoms with Gasteiger partial charge >= 0.3 is 0 Å². The Bertz CT molecular complexity index is 746. The van der Waals surface area contributed by atoms with Crippen LogP contribution in [-0.4, -0.2) is 19.3 Å². The smallest absolute Gasteiger partial charge is 0.244 e. The first-order chi connectivity index (χ1) is 9.84. The highest BCUT2D eigenvalue weighted by Crippen LogP contribution is 2.29. The zero-order valence-electron chi connectivity index (χ0n) is 11.2. The van der Waals surface area contributed by atoms with E-state index < -0.39 is 10.0 Å². The fraction of sp³-hybridized carbons (Fsp3) is 0.231. The first-order valence-corrected chi connectivity index (χ1v) is 9.56. The molecule has 1 heterocycles.